The largest absolute Gasteiger partial charge is 0.375 e. The van der Waals surface area contributed by atoms with Crippen molar-refractivity contribution in [2.24, 2.45) is 5.92 Å². The zero-order valence-corrected chi connectivity index (χ0v) is 15.7. The van der Waals surface area contributed by atoms with E-state index in [1.165, 1.54) is 5.56 Å². The highest BCUT2D eigenvalue weighted by atomic mass is 32.2. The highest BCUT2D eigenvalue weighted by Gasteiger charge is 2.42. The second-order valence-electron chi connectivity index (χ2n) is 6.76. The van der Waals surface area contributed by atoms with E-state index >= 15 is 0 Å². The Kier molecular flexibility index (Phi) is 5.85. The maximum Gasteiger partial charge on any atom is 0.240 e. The number of carbonyl (C=O) groups is 1. The van der Waals surface area contributed by atoms with E-state index in [0.717, 1.165) is 29.2 Å². The van der Waals surface area contributed by atoms with Crippen molar-refractivity contribution in [1.29, 1.82) is 5.26 Å². The number of nitrogens with one attached hydrogen (secondary N) is 2. The minimum absolute atomic E-state index is 0.149. The van der Waals surface area contributed by atoms with Gasteiger partial charge < -0.3 is 10.6 Å². The molecule has 0 saturated heterocycles. The molecule has 1 fully saturated rings. The van der Waals surface area contributed by atoms with Gasteiger partial charge in [0.1, 0.15) is 5.54 Å². The Balaban J connectivity index is 1.56. The minimum atomic E-state index is -0.750. The summed E-state index contributed by atoms with van der Waals surface area (Å²) in [5.74, 6) is 1.01. The Morgan fingerprint density at radius 1 is 1.19 bits per heavy atom. The molecule has 0 bridgehead atoms. The fraction of sp³-hybridized carbons (Fsp3) is 0.333. The van der Waals surface area contributed by atoms with Crippen LogP contribution in [0, 0.1) is 17.2 Å². The van der Waals surface area contributed by atoms with Gasteiger partial charge in [-0.3, -0.25) is 4.79 Å². The van der Waals surface area contributed by atoms with Crippen molar-refractivity contribution < 1.29 is 4.79 Å². The minimum Gasteiger partial charge on any atom is -0.375 e. The van der Waals surface area contributed by atoms with Gasteiger partial charge in [-0.15, -0.1) is 11.8 Å². The summed E-state index contributed by atoms with van der Waals surface area (Å²) in [4.78, 5) is 13.4. The van der Waals surface area contributed by atoms with Crippen LogP contribution in [-0.4, -0.2) is 18.0 Å². The quantitative estimate of drug-likeness (QED) is 0.688. The number of hydrogen-bond acceptors (Lipinski definition) is 4. The van der Waals surface area contributed by atoms with Gasteiger partial charge in [0.2, 0.25) is 5.91 Å². The van der Waals surface area contributed by atoms with Gasteiger partial charge in [0.15, 0.2) is 0 Å². The van der Waals surface area contributed by atoms with Crippen LogP contribution in [0.4, 0.5) is 5.69 Å². The van der Waals surface area contributed by atoms with Crippen molar-refractivity contribution in [2.45, 2.75) is 36.0 Å². The van der Waals surface area contributed by atoms with Gasteiger partial charge in [0.25, 0.3) is 0 Å². The van der Waals surface area contributed by atoms with E-state index in [1.807, 2.05) is 43.3 Å². The molecule has 2 aromatic rings. The van der Waals surface area contributed by atoms with Crippen LogP contribution in [0.1, 0.15) is 25.3 Å². The van der Waals surface area contributed by atoms with Crippen LogP contribution < -0.4 is 10.6 Å². The summed E-state index contributed by atoms with van der Waals surface area (Å²) in [6.07, 6.45) is 2.02. The molecule has 0 aliphatic heterocycles. The third-order valence-corrected chi connectivity index (χ3v) is 5.73. The number of para-hydroxylation sites is 1. The zero-order valence-electron chi connectivity index (χ0n) is 14.9. The normalized spacial score (nSPS) is 15.5. The molecule has 0 aromatic heterocycles. The Bertz CT molecular complexity index is 798. The predicted molar refractivity (Wildman–Crippen MR) is 106 cm³/mol. The molecule has 0 radical (unpaired) electrons. The molecule has 134 valence electrons. The average Bonchev–Trinajstić information content (AvgIpc) is 3.52. The number of benzene rings is 2. The van der Waals surface area contributed by atoms with Gasteiger partial charge in [-0.25, -0.2) is 0 Å². The summed E-state index contributed by atoms with van der Waals surface area (Å²) in [6.45, 7) is 1.97. The summed E-state index contributed by atoms with van der Waals surface area (Å²) >= 11 is 1.74. The lowest BCUT2D eigenvalue weighted by atomic mass is 9.98. The Morgan fingerprint density at radius 2 is 1.88 bits per heavy atom. The molecule has 2 N–H and O–H groups in total. The number of rotatable bonds is 8. The number of nitriles is 1. The van der Waals surface area contributed by atoms with Crippen molar-refractivity contribution in [3.8, 4) is 6.07 Å². The topological polar surface area (TPSA) is 64.9 Å². The van der Waals surface area contributed by atoms with Crippen LogP contribution in [-0.2, 0) is 10.5 Å². The second-order valence-corrected chi connectivity index (χ2v) is 7.78. The van der Waals surface area contributed by atoms with E-state index in [9.17, 15) is 10.1 Å². The van der Waals surface area contributed by atoms with Gasteiger partial charge in [0, 0.05) is 16.3 Å². The van der Waals surface area contributed by atoms with E-state index < -0.39 is 5.54 Å². The number of amides is 1. The summed E-state index contributed by atoms with van der Waals surface area (Å²) in [7, 11) is 0. The van der Waals surface area contributed by atoms with Crippen LogP contribution in [0.25, 0.3) is 0 Å². The number of anilines is 1. The molecule has 0 spiro atoms. The van der Waals surface area contributed by atoms with Crippen molar-refractivity contribution in [1.82, 2.24) is 5.32 Å². The molecule has 3 rings (SSSR count). The van der Waals surface area contributed by atoms with E-state index in [-0.39, 0.29) is 18.4 Å². The van der Waals surface area contributed by atoms with Crippen LogP contribution in [0.15, 0.2) is 59.5 Å². The summed E-state index contributed by atoms with van der Waals surface area (Å²) in [5.41, 5.74) is 1.45. The Labute approximate surface area is 159 Å². The molecule has 26 heavy (non-hydrogen) atoms. The number of thioether (sulfide) groups is 1. The maximum absolute atomic E-state index is 12.3. The third-order valence-electron chi connectivity index (χ3n) is 4.59. The van der Waals surface area contributed by atoms with Crippen molar-refractivity contribution in [3.63, 3.8) is 0 Å². The standard InChI is InChI=1S/C21H23N3OS/c1-21(15-22,17-11-12-17)24-20(25)13-23-18-9-5-6-10-19(18)26-14-16-7-3-2-4-8-16/h2-10,17,23H,11-14H2,1H3,(H,24,25)/t21-/m0/s1. The lowest BCUT2D eigenvalue weighted by Crippen LogP contribution is -2.48. The van der Waals surface area contributed by atoms with Gasteiger partial charge in [-0.05, 0) is 43.4 Å². The molecule has 2 aromatic carbocycles. The second kappa shape index (κ2) is 8.29. The molecular formula is C21H23N3OS. The van der Waals surface area contributed by atoms with Gasteiger partial charge in [-0.1, -0.05) is 42.5 Å². The highest BCUT2D eigenvalue weighted by Crippen LogP contribution is 2.39. The van der Waals surface area contributed by atoms with Crippen molar-refractivity contribution in [3.05, 3.63) is 60.2 Å². The average molecular weight is 366 g/mol. The first-order valence-corrected chi connectivity index (χ1v) is 9.81. The van der Waals surface area contributed by atoms with E-state index in [2.05, 4.69) is 34.9 Å². The zero-order chi connectivity index (χ0) is 18.4. The Hall–Kier alpha value is -2.45. The van der Waals surface area contributed by atoms with Crippen molar-refractivity contribution >= 4 is 23.4 Å². The monoisotopic (exact) mass is 365 g/mol. The van der Waals surface area contributed by atoms with Crippen molar-refractivity contribution in [2.75, 3.05) is 11.9 Å². The van der Waals surface area contributed by atoms with Gasteiger partial charge >= 0.3 is 0 Å². The number of hydrogen-bond donors (Lipinski definition) is 2. The number of nitrogens with zero attached hydrogens (tertiary/aromatic N) is 1. The van der Waals surface area contributed by atoms with Gasteiger partial charge in [-0.2, -0.15) is 5.26 Å². The molecule has 5 heteroatoms. The molecule has 0 unspecified atom stereocenters. The van der Waals surface area contributed by atoms with Gasteiger partial charge in [0.05, 0.1) is 12.6 Å². The molecule has 1 atom stereocenters. The molecular weight excluding hydrogens is 342 g/mol. The lowest BCUT2D eigenvalue weighted by Gasteiger charge is -2.23. The molecule has 1 saturated carbocycles. The first kappa shape index (κ1) is 18.3. The molecule has 1 amide bonds. The first-order chi connectivity index (χ1) is 12.6. The predicted octanol–water partition coefficient (Wildman–Crippen LogP) is 4.20. The van der Waals surface area contributed by atoms with E-state index in [1.54, 1.807) is 11.8 Å². The highest BCUT2D eigenvalue weighted by molar-refractivity contribution is 7.98. The fourth-order valence-corrected chi connectivity index (χ4v) is 3.85. The summed E-state index contributed by atoms with van der Waals surface area (Å²) in [6, 6.07) is 20.5. The van der Waals surface area contributed by atoms with Crippen LogP contribution in [0.5, 0.6) is 0 Å². The van der Waals surface area contributed by atoms with E-state index in [4.69, 9.17) is 0 Å². The molecule has 1 aliphatic rings. The molecule has 0 heterocycles. The maximum atomic E-state index is 12.3. The SMILES string of the molecule is C[C@@](C#N)(NC(=O)CNc1ccccc1SCc1ccccc1)C1CC1. The molecule has 4 nitrogen and oxygen atoms in total. The fourth-order valence-electron chi connectivity index (χ4n) is 2.87. The third kappa shape index (κ3) is 4.80. The summed E-state index contributed by atoms with van der Waals surface area (Å²) < 4.78 is 0. The van der Waals surface area contributed by atoms with E-state index in [0.29, 0.717) is 0 Å². The van der Waals surface area contributed by atoms with Crippen LogP contribution >= 0.6 is 11.8 Å². The summed E-state index contributed by atoms with van der Waals surface area (Å²) in [5, 5.41) is 15.5. The Morgan fingerprint density at radius 3 is 2.58 bits per heavy atom. The lowest BCUT2D eigenvalue weighted by molar-refractivity contribution is -0.120. The first-order valence-electron chi connectivity index (χ1n) is 8.82. The van der Waals surface area contributed by atoms with Crippen LogP contribution in [0.2, 0.25) is 0 Å². The number of carbonyl (C=O) groups excluding carboxylic acids is 1. The van der Waals surface area contributed by atoms with Crippen LogP contribution in [0.3, 0.4) is 0 Å². The smallest absolute Gasteiger partial charge is 0.240 e. The molecule has 1 aliphatic carbocycles.